The number of esters is 4. The molecule has 0 saturated carbocycles. The Hall–Kier alpha value is -4.29. The number of hydrogen-bond donors (Lipinski definition) is 0. The number of thiophene rings is 1. The molecule has 0 N–H and O–H groups in total. The quantitative estimate of drug-likeness (QED) is 0.214. The average Bonchev–Trinajstić information content (AvgIpc) is 3.43. The highest BCUT2D eigenvalue weighted by Gasteiger charge is 2.53. The van der Waals surface area contributed by atoms with Gasteiger partial charge in [-0.25, -0.2) is 4.39 Å². The summed E-state index contributed by atoms with van der Waals surface area (Å²) < 4.78 is 47.6. The zero-order valence-electron chi connectivity index (χ0n) is 25.8. The second-order valence-electron chi connectivity index (χ2n) is 10.6. The number of ether oxygens (including phenoxy) is 6. The molecule has 45 heavy (non-hydrogen) atoms. The minimum Gasteiger partial charge on any atom is -0.496 e. The van der Waals surface area contributed by atoms with E-state index in [0.29, 0.717) is 17.7 Å². The Bertz CT molecular complexity index is 1550. The Kier molecular flexibility index (Phi) is 10.9. The summed E-state index contributed by atoms with van der Waals surface area (Å²) in [7, 11) is 1.48. The summed E-state index contributed by atoms with van der Waals surface area (Å²) in [6.07, 6.45) is -5.49. The maximum absolute atomic E-state index is 13.4. The minimum atomic E-state index is -1.31. The van der Waals surface area contributed by atoms with Gasteiger partial charge in [-0.15, -0.1) is 11.3 Å². The molecular formula is C33H35FO10S. The molecule has 1 saturated heterocycles. The van der Waals surface area contributed by atoms with Gasteiger partial charge in [0, 0.05) is 49.4 Å². The highest BCUT2D eigenvalue weighted by Crippen LogP contribution is 2.42. The summed E-state index contributed by atoms with van der Waals surface area (Å²) >= 11 is 1.57. The van der Waals surface area contributed by atoms with Gasteiger partial charge in [0.1, 0.15) is 30.4 Å². The van der Waals surface area contributed by atoms with E-state index in [1.54, 1.807) is 23.5 Å². The predicted molar refractivity (Wildman–Crippen MR) is 161 cm³/mol. The van der Waals surface area contributed by atoms with Gasteiger partial charge in [-0.2, -0.15) is 0 Å². The van der Waals surface area contributed by atoms with E-state index in [4.69, 9.17) is 28.4 Å². The van der Waals surface area contributed by atoms with Gasteiger partial charge in [0.15, 0.2) is 18.3 Å². The van der Waals surface area contributed by atoms with Crippen LogP contribution in [0.4, 0.5) is 4.39 Å². The summed E-state index contributed by atoms with van der Waals surface area (Å²) in [4.78, 5) is 50.5. The zero-order valence-corrected chi connectivity index (χ0v) is 26.6. The molecule has 2 aromatic carbocycles. The normalized spacial score (nSPS) is 21.0. The van der Waals surface area contributed by atoms with Crippen LogP contribution < -0.4 is 4.74 Å². The third kappa shape index (κ3) is 8.46. The van der Waals surface area contributed by atoms with Gasteiger partial charge in [0.05, 0.1) is 7.11 Å². The summed E-state index contributed by atoms with van der Waals surface area (Å²) in [5.41, 5.74) is 3.20. The first-order valence-corrected chi connectivity index (χ1v) is 15.0. The molecular weight excluding hydrogens is 607 g/mol. The SMILES string of the molecule is COc1cc(C)c(Cc2ccc(-c3ccc(F)cc3)s2)cc1[C@@H]1O[C@H](COC(C)=O)[C@@H](OC(C)=O)[C@H](OC(C)=O)[C@H]1OC(C)=O. The molecule has 10 nitrogen and oxygen atoms in total. The smallest absolute Gasteiger partial charge is 0.303 e. The van der Waals surface area contributed by atoms with Gasteiger partial charge in [0.25, 0.3) is 0 Å². The first kappa shape index (κ1) is 33.6. The van der Waals surface area contributed by atoms with E-state index >= 15 is 0 Å². The first-order valence-electron chi connectivity index (χ1n) is 14.2. The molecule has 2 heterocycles. The van der Waals surface area contributed by atoms with Crippen molar-refractivity contribution >= 4 is 35.2 Å². The van der Waals surface area contributed by atoms with Crippen molar-refractivity contribution in [3.05, 3.63) is 75.9 Å². The van der Waals surface area contributed by atoms with E-state index in [-0.39, 0.29) is 12.4 Å². The average molecular weight is 643 g/mol. The van der Waals surface area contributed by atoms with Gasteiger partial charge in [-0.1, -0.05) is 12.1 Å². The molecule has 12 heteroatoms. The van der Waals surface area contributed by atoms with Crippen LogP contribution in [-0.2, 0) is 49.3 Å². The van der Waals surface area contributed by atoms with Crippen molar-refractivity contribution in [2.24, 2.45) is 0 Å². The Labute approximate surface area is 264 Å². The number of carbonyl (C=O) groups excluding carboxylic acids is 4. The van der Waals surface area contributed by atoms with Crippen LogP contribution in [0.1, 0.15) is 55.4 Å². The number of rotatable bonds is 10. The fraction of sp³-hybridized carbons (Fsp3) is 0.394. The summed E-state index contributed by atoms with van der Waals surface area (Å²) in [5.74, 6) is -2.61. The lowest BCUT2D eigenvalue weighted by Gasteiger charge is -2.44. The van der Waals surface area contributed by atoms with Gasteiger partial charge in [0.2, 0.25) is 0 Å². The molecule has 0 unspecified atom stereocenters. The van der Waals surface area contributed by atoms with Gasteiger partial charge in [-0.05, 0) is 60.0 Å². The van der Waals surface area contributed by atoms with Crippen molar-refractivity contribution in [2.45, 2.75) is 71.6 Å². The van der Waals surface area contributed by atoms with Crippen LogP contribution in [0.3, 0.4) is 0 Å². The second-order valence-corrected chi connectivity index (χ2v) is 11.8. The lowest BCUT2D eigenvalue weighted by molar-refractivity contribution is -0.254. The number of halogens is 1. The monoisotopic (exact) mass is 642 g/mol. The van der Waals surface area contributed by atoms with Gasteiger partial charge < -0.3 is 28.4 Å². The van der Waals surface area contributed by atoms with Crippen LogP contribution >= 0.6 is 11.3 Å². The molecule has 0 aliphatic carbocycles. The molecule has 0 spiro atoms. The number of benzene rings is 2. The standard InChI is InChI=1S/C33H35FO10S/c1-17-13-27(39-6)26(15-23(17)14-25-11-12-29(45-25)22-7-9-24(34)10-8-22)30-32(42-20(4)37)33(43-21(5)38)31(41-19(3)36)28(44-30)16-40-18(2)35/h7-13,15,28,30-33H,14,16H2,1-6H3/t28-,30+,31-,32+,33+/m1/s1. The van der Waals surface area contributed by atoms with E-state index in [2.05, 4.69) is 0 Å². The molecule has 1 fully saturated rings. The second kappa shape index (κ2) is 14.7. The topological polar surface area (TPSA) is 124 Å². The Morgan fingerprint density at radius 1 is 0.822 bits per heavy atom. The van der Waals surface area contributed by atoms with Crippen LogP contribution in [-0.4, -0.2) is 62.0 Å². The third-order valence-corrected chi connectivity index (χ3v) is 8.28. The molecule has 0 bridgehead atoms. The van der Waals surface area contributed by atoms with Crippen molar-refractivity contribution in [1.82, 2.24) is 0 Å². The van der Waals surface area contributed by atoms with Gasteiger partial charge >= 0.3 is 23.9 Å². The molecule has 3 aromatic rings. The Balaban J connectivity index is 1.78. The van der Waals surface area contributed by atoms with E-state index in [1.165, 1.54) is 46.9 Å². The predicted octanol–water partition coefficient (Wildman–Crippen LogP) is 5.26. The largest absolute Gasteiger partial charge is 0.496 e. The van der Waals surface area contributed by atoms with E-state index in [0.717, 1.165) is 26.4 Å². The molecule has 1 aliphatic rings. The maximum Gasteiger partial charge on any atom is 0.303 e. The molecule has 240 valence electrons. The highest BCUT2D eigenvalue weighted by atomic mass is 32.1. The summed E-state index contributed by atoms with van der Waals surface area (Å²) in [6.45, 7) is 6.35. The minimum absolute atomic E-state index is 0.306. The molecule has 0 radical (unpaired) electrons. The first-order chi connectivity index (χ1) is 21.4. The highest BCUT2D eigenvalue weighted by molar-refractivity contribution is 7.15. The van der Waals surface area contributed by atoms with Crippen LogP contribution in [0, 0.1) is 12.7 Å². The molecule has 5 atom stereocenters. The number of aryl methyl sites for hydroxylation is 1. The van der Waals surface area contributed by atoms with Crippen LogP contribution in [0.5, 0.6) is 5.75 Å². The molecule has 0 amide bonds. The Morgan fingerprint density at radius 2 is 1.44 bits per heavy atom. The van der Waals surface area contributed by atoms with Crippen molar-refractivity contribution in [2.75, 3.05) is 13.7 Å². The van der Waals surface area contributed by atoms with Crippen molar-refractivity contribution in [3.8, 4) is 16.2 Å². The Morgan fingerprint density at radius 3 is 2.04 bits per heavy atom. The van der Waals surface area contributed by atoms with Crippen molar-refractivity contribution in [1.29, 1.82) is 0 Å². The summed E-state index contributed by atoms with van der Waals surface area (Å²) in [5, 5.41) is 0. The van der Waals surface area contributed by atoms with Crippen molar-refractivity contribution in [3.63, 3.8) is 0 Å². The lowest BCUT2D eigenvalue weighted by Crippen LogP contribution is -2.59. The summed E-state index contributed by atoms with van der Waals surface area (Å²) in [6, 6.07) is 14.0. The number of carbonyl (C=O) groups is 4. The van der Waals surface area contributed by atoms with E-state index in [9.17, 15) is 23.6 Å². The van der Waals surface area contributed by atoms with Crippen LogP contribution in [0.15, 0.2) is 48.5 Å². The number of hydrogen-bond acceptors (Lipinski definition) is 11. The van der Waals surface area contributed by atoms with E-state index < -0.39 is 54.4 Å². The maximum atomic E-state index is 13.4. The number of methoxy groups -OCH3 is 1. The molecule has 1 aliphatic heterocycles. The lowest BCUT2D eigenvalue weighted by atomic mass is 9.88. The van der Waals surface area contributed by atoms with Gasteiger partial charge in [-0.3, -0.25) is 19.2 Å². The molecule has 1 aromatic heterocycles. The zero-order chi connectivity index (χ0) is 32.8. The van der Waals surface area contributed by atoms with E-state index in [1.807, 2.05) is 31.2 Å². The van der Waals surface area contributed by atoms with Crippen LogP contribution in [0.25, 0.3) is 10.4 Å². The van der Waals surface area contributed by atoms with Crippen LogP contribution in [0.2, 0.25) is 0 Å². The molecule has 4 rings (SSSR count). The fourth-order valence-corrected chi connectivity index (χ4v) is 6.28. The van der Waals surface area contributed by atoms with Crippen molar-refractivity contribution < 1.29 is 52.0 Å². The fourth-order valence-electron chi connectivity index (χ4n) is 5.24. The third-order valence-electron chi connectivity index (χ3n) is 7.14.